The summed E-state index contributed by atoms with van der Waals surface area (Å²) < 4.78 is 0. The van der Waals surface area contributed by atoms with Crippen molar-refractivity contribution >= 4 is 28.0 Å². The lowest BCUT2D eigenvalue weighted by Crippen LogP contribution is -2.09. The van der Waals surface area contributed by atoms with E-state index in [1.54, 1.807) is 0 Å². The van der Waals surface area contributed by atoms with Crippen LogP contribution >= 0.6 is 0 Å². The third-order valence-electron chi connectivity index (χ3n) is 5.37. The molecule has 0 fully saturated rings. The first kappa shape index (κ1) is 18.1. The molecule has 0 spiro atoms. The Hall–Kier alpha value is -3.91. The summed E-state index contributed by atoms with van der Waals surface area (Å²) >= 11 is 0. The minimum Gasteiger partial charge on any atom is -0.311 e. The number of aryl methyl sites for hydroxylation is 1. The van der Waals surface area contributed by atoms with E-state index in [0.717, 1.165) is 33.8 Å². The minimum absolute atomic E-state index is 1.00. The van der Waals surface area contributed by atoms with Crippen molar-refractivity contribution in [3.8, 4) is 11.3 Å². The third kappa shape index (κ3) is 3.44. The molecule has 2 nitrogen and oxygen atoms in total. The molecule has 144 valence electrons. The van der Waals surface area contributed by atoms with Gasteiger partial charge in [-0.1, -0.05) is 66.7 Å². The first-order chi connectivity index (χ1) is 14.8. The van der Waals surface area contributed by atoms with Gasteiger partial charge in [-0.15, -0.1) is 0 Å². The highest BCUT2D eigenvalue weighted by Gasteiger charge is 2.12. The molecule has 30 heavy (non-hydrogen) atoms. The molecule has 5 rings (SSSR count). The van der Waals surface area contributed by atoms with Crippen molar-refractivity contribution < 1.29 is 0 Å². The third-order valence-corrected chi connectivity index (χ3v) is 5.37. The number of hydrogen-bond donors (Lipinski definition) is 0. The predicted octanol–water partition coefficient (Wildman–Crippen LogP) is 7.68. The molecule has 4 aromatic carbocycles. The molecule has 1 heterocycles. The smallest absolute Gasteiger partial charge is 0.0712 e. The molecule has 0 saturated heterocycles. The topological polar surface area (TPSA) is 16.1 Å². The number of anilines is 3. The zero-order valence-corrected chi connectivity index (χ0v) is 16.9. The number of para-hydroxylation sites is 3. The molecule has 0 aliphatic carbocycles. The highest BCUT2D eigenvalue weighted by atomic mass is 15.1. The molecule has 0 unspecified atom stereocenters. The second kappa shape index (κ2) is 7.84. The van der Waals surface area contributed by atoms with Crippen molar-refractivity contribution in [2.45, 2.75) is 6.92 Å². The summed E-state index contributed by atoms with van der Waals surface area (Å²) in [5, 5.41) is 1.21. The number of pyridine rings is 1. The van der Waals surface area contributed by atoms with Crippen LogP contribution in [0.3, 0.4) is 0 Å². The molecule has 0 aliphatic rings. The molecule has 5 aromatic rings. The zero-order valence-electron chi connectivity index (χ0n) is 16.9. The van der Waals surface area contributed by atoms with Crippen LogP contribution in [0.15, 0.2) is 115 Å². The Morgan fingerprint density at radius 1 is 0.567 bits per heavy atom. The normalized spacial score (nSPS) is 10.8. The van der Waals surface area contributed by atoms with Gasteiger partial charge in [-0.2, -0.15) is 0 Å². The van der Waals surface area contributed by atoms with E-state index in [-0.39, 0.29) is 0 Å². The fourth-order valence-corrected chi connectivity index (χ4v) is 3.88. The Balaban J connectivity index is 1.56. The summed E-state index contributed by atoms with van der Waals surface area (Å²) in [6.07, 6.45) is 0. The fourth-order valence-electron chi connectivity index (χ4n) is 3.88. The number of benzene rings is 4. The minimum atomic E-state index is 1.00. The van der Waals surface area contributed by atoms with Gasteiger partial charge in [-0.3, -0.25) is 0 Å². The van der Waals surface area contributed by atoms with Gasteiger partial charge in [0.15, 0.2) is 0 Å². The maximum atomic E-state index is 4.88. The second-order valence-corrected chi connectivity index (χ2v) is 7.39. The molecular weight excluding hydrogens is 364 g/mol. The van der Waals surface area contributed by atoms with Crippen LogP contribution in [0.4, 0.5) is 17.1 Å². The second-order valence-electron chi connectivity index (χ2n) is 7.39. The molecule has 0 bridgehead atoms. The number of hydrogen-bond acceptors (Lipinski definition) is 2. The summed E-state index contributed by atoms with van der Waals surface area (Å²) in [6.45, 7) is 2.15. The molecule has 0 atom stereocenters. The largest absolute Gasteiger partial charge is 0.311 e. The molecule has 0 N–H and O–H groups in total. The summed E-state index contributed by atoms with van der Waals surface area (Å²) in [7, 11) is 0. The lowest BCUT2D eigenvalue weighted by Gasteiger charge is -2.25. The lowest BCUT2D eigenvalue weighted by atomic mass is 10.0. The van der Waals surface area contributed by atoms with Crippen LogP contribution in [0.2, 0.25) is 0 Å². The SMILES string of the molecule is Cc1cc(-c2ccc(N(c3ccccc3)c3ccccc3)cc2)nc2ccccc12. The van der Waals surface area contributed by atoms with Crippen LogP contribution in [-0.4, -0.2) is 4.98 Å². The van der Waals surface area contributed by atoms with E-state index in [4.69, 9.17) is 4.98 Å². The van der Waals surface area contributed by atoms with Crippen molar-refractivity contribution in [1.29, 1.82) is 0 Å². The molecule has 1 aromatic heterocycles. The summed E-state index contributed by atoms with van der Waals surface area (Å²) in [4.78, 5) is 7.15. The molecule has 0 amide bonds. The molecule has 0 radical (unpaired) electrons. The molecular formula is C28H22N2. The van der Waals surface area contributed by atoms with Crippen LogP contribution in [-0.2, 0) is 0 Å². The van der Waals surface area contributed by atoms with Crippen LogP contribution < -0.4 is 4.90 Å². The van der Waals surface area contributed by atoms with E-state index in [9.17, 15) is 0 Å². The van der Waals surface area contributed by atoms with Gasteiger partial charge in [0.05, 0.1) is 11.2 Å². The van der Waals surface area contributed by atoms with Crippen molar-refractivity contribution in [3.05, 3.63) is 121 Å². The van der Waals surface area contributed by atoms with Crippen LogP contribution in [0.25, 0.3) is 22.2 Å². The average Bonchev–Trinajstić information content (AvgIpc) is 2.81. The van der Waals surface area contributed by atoms with Gasteiger partial charge in [0.2, 0.25) is 0 Å². The van der Waals surface area contributed by atoms with E-state index < -0.39 is 0 Å². The first-order valence-electron chi connectivity index (χ1n) is 10.2. The quantitative estimate of drug-likeness (QED) is 0.315. The molecule has 0 saturated carbocycles. The Labute approximate surface area is 177 Å². The van der Waals surface area contributed by atoms with Crippen molar-refractivity contribution in [1.82, 2.24) is 4.98 Å². The van der Waals surface area contributed by atoms with Gasteiger partial charge < -0.3 is 4.90 Å². The maximum Gasteiger partial charge on any atom is 0.0712 e. The number of rotatable bonds is 4. The Bertz CT molecular complexity index is 1240. The predicted molar refractivity (Wildman–Crippen MR) is 127 cm³/mol. The monoisotopic (exact) mass is 386 g/mol. The van der Waals surface area contributed by atoms with Gasteiger partial charge in [-0.05, 0) is 61.0 Å². The standard InChI is InChI=1S/C28H22N2/c1-21-20-28(29-27-15-9-8-14-26(21)27)22-16-18-25(19-17-22)30(23-10-4-2-5-11-23)24-12-6-3-7-13-24/h2-20H,1H3. The van der Waals surface area contributed by atoms with Gasteiger partial charge in [0.1, 0.15) is 0 Å². The van der Waals surface area contributed by atoms with Crippen molar-refractivity contribution in [2.24, 2.45) is 0 Å². The number of fused-ring (bicyclic) bond motifs is 1. The first-order valence-corrected chi connectivity index (χ1v) is 10.2. The summed E-state index contributed by atoms with van der Waals surface area (Å²) in [5.41, 5.74) is 7.79. The number of aromatic nitrogens is 1. The van der Waals surface area contributed by atoms with Gasteiger partial charge in [0, 0.05) is 28.0 Å². The fraction of sp³-hybridized carbons (Fsp3) is 0.0357. The Kier molecular flexibility index (Phi) is 4.74. The van der Waals surface area contributed by atoms with Gasteiger partial charge >= 0.3 is 0 Å². The van der Waals surface area contributed by atoms with Crippen LogP contribution in [0, 0.1) is 6.92 Å². The summed E-state index contributed by atoms with van der Waals surface area (Å²) in [6, 6.07) is 40.0. The molecule has 2 heteroatoms. The van der Waals surface area contributed by atoms with E-state index in [1.807, 2.05) is 18.2 Å². The number of nitrogens with zero attached hydrogens (tertiary/aromatic N) is 2. The van der Waals surface area contributed by atoms with Crippen molar-refractivity contribution in [2.75, 3.05) is 4.90 Å². The zero-order chi connectivity index (χ0) is 20.3. The van der Waals surface area contributed by atoms with Crippen LogP contribution in [0.1, 0.15) is 5.56 Å². The average molecular weight is 386 g/mol. The highest BCUT2D eigenvalue weighted by molar-refractivity contribution is 5.85. The van der Waals surface area contributed by atoms with E-state index in [1.165, 1.54) is 10.9 Å². The van der Waals surface area contributed by atoms with E-state index >= 15 is 0 Å². The van der Waals surface area contributed by atoms with E-state index in [2.05, 4.69) is 109 Å². The van der Waals surface area contributed by atoms with Crippen LogP contribution in [0.5, 0.6) is 0 Å². The molecule has 0 aliphatic heterocycles. The van der Waals surface area contributed by atoms with E-state index in [0.29, 0.717) is 0 Å². The Morgan fingerprint density at radius 2 is 1.10 bits per heavy atom. The Morgan fingerprint density at radius 3 is 1.73 bits per heavy atom. The van der Waals surface area contributed by atoms with Gasteiger partial charge in [0.25, 0.3) is 0 Å². The highest BCUT2D eigenvalue weighted by Crippen LogP contribution is 2.35. The maximum absolute atomic E-state index is 4.88. The van der Waals surface area contributed by atoms with Crippen molar-refractivity contribution in [3.63, 3.8) is 0 Å². The lowest BCUT2D eigenvalue weighted by molar-refractivity contribution is 1.28. The summed E-state index contributed by atoms with van der Waals surface area (Å²) in [5.74, 6) is 0. The van der Waals surface area contributed by atoms with Gasteiger partial charge in [-0.25, -0.2) is 4.98 Å².